The molecule has 5 heteroatoms. The van der Waals surface area contributed by atoms with Crippen molar-refractivity contribution < 1.29 is 4.39 Å². The number of rotatable bonds is 2. The molecule has 2 rings (SSSR count). The molecule has 1 N–H and O–H groups in total. The Kier molecular flexibility index (Phi) is 3.24. The van der Waals surface area contributed by atoms with Crippen LogP contribution in [0.1, 0.15) is 11.3 Å². The van der Waals surface area contributed by atoms with Gasteiger partial charge in [-0.25, -0.2) is 14.4 Å². The number of nitrogens with one attached hydrogen (secondary N) is 1. The zero-order valence-corrected chi connectivity index (χ0v) is 10.2. The zero-order chi connectivity index (χ0) is 12.4. The Balaban J connectivity index is 2.27. The van der Waals surface area contributed by atoms with E-state index in [9.17, 15) is 4.39 Å². The van der Waals surface area contributed by atoms with Gasteiger partial charge in [0.05, 0.1) is 0 Å². The highest BCUT2D eigenvalue weighted by Gasteiger charge is 2.06. The Bertz CT molecular complexity index is 517. The molecule has 17 heavy (non-hydrogen) atoms. The van der Waals surface area contributed by atoms with Crippen molar-refractivity contribution in [1.82, 2.24) is 9.97 Å². The normalized spacial score (nSPS) is 10.4. The van der Waals surface area contributed by atoms with Gasteiger partial charge in [0.25, 0.3) is 0 Å². The second-order valence-corrected chi connectivity index (χ2v) is 4.04. The van der Waals surface area contributed by atoms with Crippen LogP contribution in [0.15, 0.2) is 24.3 Å². The van der Waals surface area contributed by atoms with Crippen LogP contribution >= 0.6 is 11.6 Å². The molecule has 0 radical (unpaired) electrons. The summed E-state index contributed by atoms with van der Waals surface area (Å²) in [6.07, 6.45) is 0. The highest BCUT2D eigenvalue weighted by atomic mass is 35.5. The fourth-order valence-corrected chi connectivity index (χ4v) is 1.53. The van der Waals surface area contributed by atoms with Crippen LogP contribution in [0, 0.1) is 19.7 Å². The first-order chi connectivity index (χ1) is 8.06. The summed E-state index contributed by atoms with van der Waals surface area (Å²) in [6.45, 7) is 3.72. The largest absolute Gasteiger partial charge is 0.324 e. The molecule has 0 saturated carbocycles. The summed E-state index contributed by atoms with van der Waals surface area (Å²) >= 11 is 5.96. The summed E-state index contributed by atoms with van der Waals surface area (Å²) in [4.78, 5) is 8.35. The number of aromatic nitrogens is 2. The van der Waals surface area contributed by atoms with Gasteiger partial charge in [-0.15, -0.1) is 0 Å². The van der Waals surface area contributed by atoms with Crippen molar-refractivity contribution >= 4 is 23.2 Å². The van der Waals surface area contributed by atoms with Gasteiger partial charge >= 0.3 is 0 Å². The molecular weight excluding hydrogens is 241 g/mol. The molecule has 0 aliphatic heterocycles. The van der Waals surface area contributed by atoms with Crippen LogP contribution < -0.4 is 5.32 Å². The zero-order valence-electron chi connectivity index (χ0n) is 9.46. The molecule has 2 aromatic rings. The molecule has 0 unspecified atom stereocenters. The van der Waals surface area contributed by atoms with Crippen LogP contribution in [0.4, 0.5) is 16.0 Å². The minimum Gasteiger partial charge on any atom is -0.324 e. The van der Waals surface area contributed by atoms with Crippen LogP contribution in [0.2, 0.25) is 5.15 Å². The van der Waals surface area contributed by atoms with Gasteiger partial charge < -0.3 is 5.32 Å². The Morgan fingerprint density at radius 1 is 1.12 bits per heavy atom. The lowest BCUT2D eigenvalue weighted by Crippen LogP contribution is -2.01. The van der Waals surface area contributed by atoms with E-state index in [0.717, 1.165) is 11.3 Å². The number of anilines is 2. The van der Waals surface area contributed by atoms with Crippen LogP contribution in [0.25, 0.3) is 0 Å². The summed E-state index contributed by atoms with van der Waals surface area (Å²) in [5.41, 5.74) is 2.39. The first kappa shape index (κ1) is 11.8. The molecule has 0 aliphatic carbocycles. The fourth-order valence-electron chi connectivity index (χ4n) is 1.31. The quantitative estimate of drug-likeness (QED) is 0.829. The number of halogens is 2. The van der Waals surface area contributed by atoms with Crippen molar-refractivity contribution in [2.75, 3.05) is 5.32 Å². The van der Waals surface area contributed by atoms with E-state index < -0.39 is 0 Å². The minimum absolute atomic E-state index is 0.283. The number of hydrogen-bond acceptors (Lipinski definition) is 3. The standard InChI is InChI=1S/C12H11ClFN3/c1-7-8(2)15-12(17-11(7)13)16-10-5-3-9(14)4-6-10/h3-6H,1-2H3,(H,15,16,17). The third-order valence-electron chi connectivity index (χ3n) is 2.43. The maximum Gasteiger partial charge on any atom is 0.228 e. The molecular formula is C12H11ClFN3. The van der Waals surface area contributed by atoms with Gasteiger partial charge in [0.15, 0.2) is 0 Å². The van der Waals surface area contributed by atoms with E-state index >= 15 is 0 Å². The molecule has 0 bridgehead atoms. The van der Waals surface area contributed by atoms with E-state index in [1.165, 1.54) is 12.1 Å². The summed E-state index contributed by atoms with van der Waals surface area (Å²) in [6, 6.07) is 5.96. The van der Waals surface area contributed by atoms with E-state index in [4.69, 9.17) is 11.6 Å². The van der Waals surface area contributed by atoms with Crippen molar-refractivity contribution in [1.29, 1.82) is 0 Å². The Morgan fingerprint density at radius 3 is 2.35 bits per heavy atom. The topological polar surface area (TPSA) is 37.8 Å². The first-order valence-electron chi connectivity index (χ1n) is 5.09. The Morgan fingerprint density at radius 2 is 1.76 bits per heavy atom. The van der Waals surface area contributed by atoms with E-state index in [1.807, 2.05) is 13.8 Å². The number of hydrogen-bond donors (Lipinski definition) is 1. The molecule has 1 aromatic carbocycles. The molecule has 0 fully saturated rings. The van der Waals surface area contributed by atoms with Gasteiger partial charge in [0.1, 0.15) is 11.0 Å². The Labute approximate surface area is 104 Å². The Hall–Kier alpha value is -1.68. The molecule has 0 aliphatic rings. The molecule has 1 aromatic heterocycles. The monoisotopic (exact) mass is 251 g/mol. The number of benzene rings is 1. The third-order valence-corrected chi connectivity index (χ3v) is 2.80. The molecule has 0 spiro atoms. The second kappa shape index (κ2) is 4.67. The van der Waals surface area contributed by atoms with Crippen LogP contribution in [0.3, 0.4) is 0 Å². The van der Waals surface area contributed by atoms with Gasteiger partial charge in [-0.05, 0) is 38.1 Å². The number of nitrogens with zero attached hydrogens (tertiary/aromatic N) is 2. The lowest BCUT2D eigenvalue weighted by atomic mass is 10.3. The lowest BCUT2D eigenvalue weighted by Gasteiger charge is -2.08. The molecule has 0 amide bonds. The van der Waals surface area contributed by atoms with E-state index in [-0.39, 0.29) is 5.82 Å². The maximum atomic E-state index is 12.7. The molecule has 0 atom stereocenters. The molecule has 88 valence electrons. The predicted molar refractivity (Wildman–Crippen MR) is 66.2 cm³/mol. The van der Waals surface area contributed by atoms with Crippen LogP contribution in [-0.4, -0.2) is 9.97 Å². The third kappa shape index (κ3) is 2.71. The summed E-state index contributed by atoms with van der Waals surface area (Å²) in [5, 5.41) is 3.39. The molecule has 3 nitrogen and oxygen atoms in total. The van der Waals surface area contributed by atoms with Gasteiger partial charge in [-0.3, -0.25) is 0 Å². The van der Waals surface area contributed by atoms with Gasteiger partial charge in [0, 0.05) is 16.9 Å². The number of aryl methyl sites for hydroxylation is 1. The van der Waals surface area contributed by atoms with Gasteiger partial charge in [0.2, 0.25) is 5.95 Å². The van der Waals surface area contributed by atoms with E-state index in [0.29, 0.717) is 16.8 Å². The lowest BCUT2D eigenvalue weighted by molar-refractivity contribution is 0.628. The van der Waals surface area contributed by atoms with Gasteiger partial charge in [-0.1, -0.05) is 11.6 Å². The van der Waals surface area contributed by atoms with Crippen molar-refractivity contribution in [3.8, 4) is 0 Å². The molecule has 1 heterocycles. The SMILES string of the molecule is Cc1nc(Nc2ccc(F)cc2)nc(Cl)c1C. The maximum absolute atomic E-state index is 12.7. The van der Waals surface area contributed by atoms with E-state index in [2.05, 4.69) is 15.3 Å². The van der Waals surface area contributed by atoms with Crippen molar-refractivity contribution in [2.24, 2.45) is 0 Å². The fraction of sp³-hybridized carbons (Fsp3) is 0.167. The summed E-state index contributed by atoms with van der Waals surface area (Å²) in [7, 11) is 0. The highest BCUT2D eigenvalue weighted by Crippen LogP contribution is 2.19. The second-order valence-electron chi connectivity index (χ2n) is 3.68. The first-order valence-corrected chi connectivity index (χ1v) is 5.47. The van der Waals surface area contributed by atoms with E-state index in [1.54, 1.807) is 12.1 Å². The van der Waals surface area contributed by atoms with Gasteiger partial charge in [-0.2, -0.15) is 0 Å². The van der Waals surface area contributed by atoms with Crippen molar-refractivity contribution in [3.63, 3.8) is 0 Å². The molecule has 0 saturated heterocycles. The highest BCUT2D eigenvalue weighted by molar-refractivity contribution is 6.30. The van der Waals surface area contributed by atoms with Crippen molar-refractivity contribution in [3.05, 3.63) is 46.5 Å². The smallest absolute Gasteiger partial charge is 0.228 e. The average molecular weight is 252 g/mol. The summed E-state index contributed by atoms with van der Waals surface area (Å²) < 4.78 is 12.7. The summed E-state index contributed by atoms with van der Waals surface area (Å²) in [5.74, 6) is 0.124. The average Bonchev–Trinajstić information content (AvgIpc) is 2.29. The minimum atomic E-state index is -0.283. The predicted octanol–water partition coefficient (Wildman–Crippen LogP) is 3.63. The van der Waals surface area contributed by atoms with Crippen molar-refractivity contribution in [2.45, 2.75) is 13.8 Å². The van der Waals surface area contributed by atoms with Crippen LogP contribution in [-0.2, 0) is 0 Å². The van der Waals surface area contributed by atoms with Crippen LogP contribution in [0.5, 0.6) is 0 Å².